The molecule has 88 valence electrons. The van der Waals surface area contributed by atoms with E-state index in [1.54, 1.807) is 0 Å². The van der Waals surface area contributed by atoms with Gasteiger partial charge in [0.25, 0.3) is 0 Å². The van der Waals surface area contributed by atoms with Crippen molar-refractivity contribution in [2.24, 2.45) is 5.73 Å². The maximum atomic E-state index is 11.4. The van der Waals surface area contributed by atoms with Crippen LogP contribution >= 0.6 is 0 Å². The molecule has 1 aliphatic heterocycles. The molecule has 1 fully saturated rings. The van der Waals surface area contributed by atoms with Gasteiger partial charge in [-0.3, -0.25) is 4.79 Å². The molecule has 0 aromatic carbocycles. The van der Waals surface area contributed by atoms with E-state index in [-0.39, 0.29) is 23.5 Å². The Balaban J connectivity index is 2.39. The average Bonchev–Trinajstić information content (AvgIpc) is 2.20. The summed E-state index contributed by atoms with van der Waals surface area (Å²) in [5.41, 5.74) is 5.56. The molecule has 3 N–H and O–H groups in total. The molecule has 6 heteroatoms. The number of hydrogen-bond acceptors (Lipinski definition) is 4. The third-order valence-electron chi connectivity index (χ3n) is 2.68. The van der Waals surface area contributed by atoms with Gasteiger partial charge in [-0.25, -0.2) is 8.42 Å². The summed E-state index contributed by atoms with van der Waals surface area (Å²) in [5, 5.41) is 2.78. The highest BCUT2D eigenvalue weighted by molar-refractivity contribution is 7.91. The van der Waals surface area contributed by atoms with E-state index >= 15 is 0 Å². The summed E-state index contributed by atoms with van der Waals surface area (Å²) < 4.78 is 22.3. The van der Waals surface area contributed by atoms with E-state index < -0.39 is 15.9 Å². The Labute approximate surface area is 90.3 Å². The van der Waals surface area contributed by atoms with Crippen LogP contribution in [0.3, 0.4) is 0 Å². The van der Waals surface area contributed by atoms with Gasteiger partial charge in [-0.1, -0.05) is 6.92 Å². The quantitative estimate of drug-likeness (QED) is 0.683. The molecule has 0 aliphatic carbocycles. The standard InChI is InChI=1S/C9H18N2O3S/c1-2-8(10)9(12)11-7-3-5-15(13,14)6-4-7/h7-8H,2-6,10H2,1H3,(H,11,12). The van der Waals surface area contributed by atoms with Gasteiger partial charge in [-0.2, -0.15) is 0 Å². The van der Waals surface area contributed by atoms with Gasteiger partial charge in [-0.15, -0.1) is 0 Å². The van der Waals surface area contributed by atoms with Crippen LogP contribution in [-0.4, -0.2) is 37.9 Å². The Kier molecular flexibility index (Phi) is 4.10. The molecule has 1 heterocycles. The van der Waals surface area contributed by atoms with E-state index in [1.165, 1.54) is 0 Å². The van der Waals surface area contributed by atoms with Crippen molar-refractivity contribution in [2.75, 3.05) is 11.5 Å². The number of amides is 1. The smallest absolute Gasteiger partial charge is 0.237 e. The first-order valence-corrected chi connectivity index (χ1v) is 7.03. The number of sulfone groups is 1. The molecule has 0 saturated carbocycles. The van der Waals surface area contributed by atoms with Crippen molar-refractivity contribution >= 4 is 15.7 Å². The SMILES string of the molecule is CCC(N)C(=O)NC1CCS(=O)(=O)CC1. The van der Waals surface area contributed by atoms with Gasteiger partial charge < -0.3 is 11.1 Å². The summed E-state index contributed by atoms with van der Waals surface area (Å²) in [6.07, 6.45) is 1.60. The maximum absolute atomic E-state index is 11.4. The van der Waals surface area contributed by atoms with Crippen molar-refractivity contribution in [3.05, 3.63) is 0 Å². The molecule has 0 spiro atoms. The summed E-state index contributed by atoms with van der Waals surface area (Å²) >= 11 is 0. The lowest BCUT2D eigenvalue weighted by Gasteiger charge is -2.24. The largest absolute Gasteiger partial charge is 0.352 e. The maximum Gasteiger partial charge on any atom is 0.237 e. The fourth-order valence-corrected chi connectivity index (χ4v) is 3.02. The first-order chi connectivity index (χ1) is 6.94. The lowest BCUT2D eigenvalue weighted by Crippen LogP contribution is -2.47. The van der Waals surface area contributed by atoms with Gasteiger partial charge in [0.15, 0.2) is 0 Å². The van der Waals surface area contributed by atoms with Gasteiger partial charge in [0.05, 0.1) is 17.5 Å². The van der Waals surface area contributed by atoms with E-state index in [1.807, 2.05) is 6.92 Å². The molecule has 15 heavy (non-hydrogen) atoms. The molecule has 1 amide bonds. The van der Waals surface area contributed by atoms with Crippen LogP contribution in [0.2, 0.25) is 0 Å². The normalized spacial score (nSPS) is 23.3. The van der Waals surface area contributed by atoms with Crippen LogP contribution in [0.5, 0.6) is 0 Å². The zero-order valence-corrected chi connectivity index (χ0v) is 9.72. The Morgan fingerprint density at radius 1 is 1.47 bits per heavy atom. The van der Waals surface area contributed by atoms with Crippen LogP contribution in [0, 0.1) is 0 Å². The first-order valence-electron chi connectivity index (χ1n) is 5.21. The van der Waals surface area contributed by atoms with Gasteiger partial charge in [0, 0.05) is 6.04 Å². The Bertz CT molecular complexity index is 312. The lowest BCUT2D eigenvalue weighted by molar-refractivity contribution is -0.123. The van der Waals surface area contributed by atoms with Gasteiger partial charge in [0.1, 0.15) is 9.84 Å². The minimum Gasteiger partial charge on any atom is -0.352 e. The predicted molar refractivity (Wildman–Crippen MR) is 58.1 cm³/mol. The number of rotatable bonds is 3. The van der Waals surface area contributed by atoms with Crippen molar-refractivity contribution in [1.82, 2.24) is 5.32 Å². The summed E-state index contributed by atoms with van der Waals surface area (Å²) in [4.78, 5) is 11.4. The third-order valence-corrected chi connectivity index (χ3v) is 4.39. The van der Waals surface area contributed by atoms with Crippen molar-refractivity contribution in [2.45, 2.75) is 38.3 Å². The van der Waals surface area contributed by atoms with Crippen LogP contribution in [-0.2, 0) is 14.6 Å². The highest BCUT2D eigenvalue weighted by atomic mass is 32.2. The molecule has 1 saturated heterocycles. The van der Waals surface area contributed by atoms with Crippen LogP contribution in [0.4, 0.5) is 0 Å². The molecule has 1 unspecified atom stereocenters. The predicted octanol–water partition coefficient (Wildman–Crippen LogP) is -0.583. The Hall–Kier alpha value is -0.620. The molecule has 1 aliphatic rings. The average molecular weight is 234 g/mol. The lowest BCUT2D eigenvalue weighted by atomic mass is 10.1. The van der Waals surface area contributed by atoms with E-state index in [2.05, 4.69) is 5.32 Å². The zero-order valence-electron chi connectivity index (χ0n) is 8.90. The molecule has 1 atom stereocenters. The number of nitrogens with one attached hydrogen (secondary N) is 1. The van der Waals surface area contributed by atoms with E-state index in [0.717, 1.165) is 0 Å². The molecular weight excluding hydrogens is 216 g/mol. The molecule has 0 radical (unpaired) electrons. The van der Waals surface area contributed by atoms with Crippen molar-refractivity contribution in [1.29, 1.82) is 0 Å². The Morgan fingerprint density at radius 2 is 2.00 bits per heavy atom. The Morgan fingerprint density at radius 3 is 2.47 bits per heavy atom. The minimum atomic E-state index is -2.86. The summed E-state index contributed by atoms with van der Waals surface area (Å²) in [6, 6.07) is -0.512. The topological polar surface area (TPSA) is 89.3 Å². The van der Waals surface area contributed by atoms with Crippen molar-refractivity contribution in [3.8, 4) is 0 Å². The van der Waals surface area contributed by atoms with Gasteiger partial charge in [0.2, 0.25) is 5.91 Å². The van der Waals surface area contributed by atoms with Crippen LogP contribution < -0.4 is 11.1 Å². The molecule has 0 bridgehead atoms. The molecule has 0 aromatic rings. The monoisotopic (exact) mass is 234 g/mol. The highest BCUT2D eigenvalue weighted by Crippen LogP contribution is 2.12. The fraction of sp³-hybridized carbons (Fsp3) is 0.889. The van der Waals surface area contributed by atoms with Gasteiger partial charge >= 0.3 is 0 Å². The minimum absolute atomic E-state index is 0.0291. The van der Waals surface area contributed by atoms with Crippen molar-refractivity contribution < 1.29 is 13.2 Å². The molecular formula is C9H18N2O3S. The third kappa shape index (κ3) is 3.79. The van der Waals surface area contributed by atoms with Crippen LogP contribution in [0.25, 0.3) is 0 Å². The second-order valence-corrected chi connectivity index (χ2v) is 6.25. The summed E-state index contributed by atoms with van der Waals surface area (Å²) in [6.45, 7) is 1.84. The second kappa shape index (κ2) is 4.94. The summed E-state index contributed by atoms with van der Waals surface area (Å²) in [5.74, 6) is 0.153. The molecule has 0 aromatic heterocycles. The van der Waals surface area contributed by atoms with E-state index in [4.69, 9.17) is 5.73 Å². The fourth-order valence-electron chi connectivity index (χ4n) is 1.53. The highest BCUT2D eigenvalue weighted by Gasteiger charge is 2.25. The summed E-state index contributed by atoms with van der Waals surface area (Å²) in [7, 11) is -2.86. The van der Waals surface area contributed by atoms with Crippen LogP contribution in [0.15, 0.2) is 0 Å². The van der Waals surface area contributed by atoms with Crippen molar-refractivity contribution in [3.63, 3.8) is 0 Å². The van der Waals surface area contributed by atoms with Crippen LogP contribution in [0.1, 0.15) is 26.2 Å². The number of carbonyl (C=O) groups excluding carboxylic acids is 1. The van der Waals surface area contributed by atoms with E-state index in [9.17, 15) is 13.2 Å². The molecule has 5 nitrogen and oxygen atoms in total. The number of hydrogen-bond donors (Lipinski definition) is 2. The zero-order chi connectivity index (χ0) is 11.5. The second-order valence-electron chi connectivity index (χ2n) is 3.95. The first kappa shape index (κ1) is 12.4. The number of carbonyl (C=O) groups is 1. The van der Waals surface area contributed by atoms with Gasteiger partial charge in [-0.05, 0) is 19.3 Å². The van der Waals surface area contributed by atoms with E-state index in [0.29, 0.717) is 19.3 Å². The molecule has 1 rings (SSSR count). The number of nitrogens with two attached hydrogens (primary N) is 1.